The third-order valence-corrected chi connectivity index (χ3v) is 4.05. The van der Waals surface area contributed by atoms with Gasteiger partial charge in [0.1, 0.15) is 0 Å². The number of ether oxygens (including phenoxy) is 1. The monoisotopic (exact) mass is 347 g/mol. The number of rotatable bonds is 5. The van der Waals surface area contributed by atoms with Crippen LogP contribution in [0.25, 0.3) is 10.9 Å². The Morgan fingerprint density at radius 2 is 2.04 bits per heavy atom. The van der Waals surface area contributed by atoms with E-state index in [1.54, 1.807) is 0 Å². The van der Waals surface area contributed by atoms with Crippen LogP contribution < -0.4 is 11.1 Å². The van der Waals surface area contributed by atoms with Crippen LogP contribution in [0.3, 0.4) is 0 Å². The second kappa shape index (κ2) is 7.78. The number of primary amides is 1. The second-order valence-electron chi connectivity index (χ2n) is 5.07. The highest BCUT2D eigenvalue weighted by Gasteiger charge is 2.19. The van der Waals surface area contributed by atoms with Crippen LogP contribution in [0.2, 0.25) is 0 Å². The zero-order valence-electron chi connectivity index (χ0n) is 13.2. The summed E-state index contributed by atoms with van der Waals surface area (Å²) in [6.45, 7) is 3.34. The van der Waals surface area contributed by atoms with E-state index < -0.39 is 24.0 Å². The lowest BCUT2D eigenvalue weighted by Gasteiger charge is -2.12. The number of aromatic nitrogens is 1. The van der Waals surface area contributed by atoms with Crippen molar-refractivity contribution in [3.05, 3.63) is 35.9 Å². The lowest BCUT2D eigenvalue weighted by Crippen LogP contribution is -2.42. The molecule has 126 valence electrons. The number of carbonyl (C=O) groups is 3. The first-order valence-electron chi connectivity index (χ1n) is 7.16. The number of hydrogen-bond donors (Lipinski definition) is 2. The molecule has 1 aromatic carbocycles. The number of pyridine rings is 1. The molecule has 2 aromatic rings. The number of esters is 1. The summed E-state index contributed by atoms with van der Waals surface area (Å²) in [4.78, 5) is 38.3. The van der Waals surface area contributed by atoms with E-state index in [-0.39, 0.29) is 5.75 Å². The summed E-state index contributed by atoms with van der Waals surface area (Å²) in [5.74, 6) is -1.35. The quantitative estimate of drug-likeness (QED) is 0.630. The first kappa shape index (κ1) is 17.7. The molecule has 0 aliphatic carbocycles. The maximum atomic E-state index is 11.8. The van der Waals surface area contributed by atoms with Crippen LogP contribution in [0, 0.1) is 6.92 Å². The van der Waals surface area contributed by atoms with Gasteiger partial charge in [-0.2, -0.15) is 0 Å². The molecule has 0 fully saturated rings. The number of urea groups is 1. The molecular formula is C16H17N3O4S. The molecule has 0 saturated carbocycles. The smallest absolute Gasteiger partial charge is 0.318 e. The highest BCUT2D eigenvalue weighted by molar-refractivity contribution is 7.99. The number of carbonyl (C=O) groups excluding carboxylic acids is 3. The van der Waals surface area contributed by atoms with Gasteiger partial charge in [-0.1, -0.05) is 30.0 Å². The Morgan fingerprint density at radius 3 is 2.75 bits per heavy atom. The van der Waals surface area contributed by atoms with E-state index >= 15 is 0 Å². The normalized spacial score (nSPS) is 11.8. The van der Waals surface area contributed by atoms with E-state index in [2.05, 4.69) is 4.98 Å². The van der Waals surface area contributed by atoms with Gasteiger partial charge in [0.05, 0.1) is 16.3 Å². The Bertz CT molecular complexity index is 794. The molecule has 3 amide bonds. The van der Waals surface area contributed by atoms with Crippen molar-refractivity contribution in [3.8, 4) is 0 Å². The summed E-state index contributed by atoms with van der Waals surface area (Å²) in [5.41, 5.74) is 6.74. The Hall–Kier alpha value is -2.61. The topological polar surface area (TPSA) is 111 Å². The third-order valence-electron chi connectivity index (χ3n) is 3.16. The predicted octanol–water partition coefficient (Wildman–Crippen LogP) is 1.76. The zero-order chi connectivity index (χ0) is 17.7. The van der Waals surface area contributed by atoms with Crippen molar-refractivity contribution in [1.29, 1.82) is 0 Å². The third kappa shape index (κ3) is 4.69. The molecule has 1 aromatic heterocycles. The highest BCUT2D eigenvalue weighted by Crippen LogP contribution is 2.23. The molecular weight excluding hydrogens is 330 g/mol. The number of nitrogens with one attached hydrogen (secondary N) is 1. The number of benzene rings is 1. The summed E-state index contributed by atoms with van der Waals surface area (Å²) in [6, 6.07) is 8.63. The Kier molecular flexibility index (Phi) is 5.75. The molecule has 0 spiro atoms. The maximum Gasteiger partial charge on any atom is 0.318 e. The molecule has 0 saturated heterocycles. The van der Waals surface area contributed by atoms with Crippen LogP contribution in [0.1, 0.15) is 12.5 Å². The van der Waals surface area contributed by atoms with E-state index in [1.165, 1.54) is 18.7 Å². The number of fused-ring (bicyclic) bond motifs is 1. The Labute approximate surface area is 142 Å². The second-order valence-corrected chi connectivity index (χ2v) is 6.06. The number of aryl methyl sites for hydroxylation is 1. The van der Waals surface area contributed by atoms with Crippen molar-refractivity contribution < 1.29 is 19.1 Å². The number of thioether (sulfide) groups is 1. The van der Waals surface area contributed by atoms with Gasteiger partial charge in [0.15, 0.2) is 6.10 Å². The largest absolute Gasteiger partial charge is 0.452 e. The molecule has 0 radical (unpaired) electrons. The maximum absolute atomic E-state index is 11.8. The average Bonchev–Trinajstić information content (AvgIpc) is 2.52. The molecule has 8 heteroatoms. The van der Waals surface area contributed by atoms with E-state index in [9.17, 15) is 14.4 Å². The number of amides is 3. The predicted molar refractivity (Wildman–Crippen MR) is 90.5 cm³/mol. The number of nitrogens with two attached hydrogens (primary N) is 1. The lowest BCUT2D eigenvalue weighted by atomic mass is 10.1. The van der Waals surface area contributed by atoms with E-state index in [0.717, 1.165) is 16.5 Å². The molecule has 0 aliphatic heterocycles. The minimum atomic E-state index is -1.10. The van der Waals surface area contributed by atoms with Crippen LogP contribution in [-0.4, -0.2) is 34.7 Å². The van der Waals surface area contributed by atoms with Crippen molar-refractivity contribution >= 4 is 40.6 Å². The molecule has 2 rings (SSSR count). The molecule has 3 N–H and O–H groups in total. The van der Waals surface area contributed by atoms with Crippen molar-refractivity contribution in [2.45, 2.75) is 25.0 Å². The number of hydrogen-bond acceptors (Lipinski definition) is 6. The summed E-state index contributed by atoms with van der Waals surface area (Å²) in [5, 5.41) is 3.60. The first-order valence-corrected chi connectivity index (χ1v) is 8.14. The Balaban J connectivity index is 1.94. The molecule has 7 nitrogen and oxygen atoms in total. The van der Waals surface area contributed by atoms with Gasteiger partial charge in [0.2, 0.25) is 0 Å². The molecule has 0 bridgehead atoms. The fourth-order valence-corrected chi connectivity index (χ4v) is 2.79. The Morgan fingerprint density at radius 1 is 1.33 bits per heavy atom. The van der Waals surface area contributed by atoms with Gasteiger partial charge < -0.3 is 10.5 Å². The fraction of sp³-hybridized carbons (Fsp3) is 0.250. The molecule has 1 atom stereocenters. The van der Waals surface area contributed by atoms with Crippen LogP contribution in [-0.2, 0) is 14.3 Å². The van der Waals surface area contributed by atoms with Gasteiger partial charge >= 0.3 is 12.0 Å². The van der Waals surface area contributed by atoms with Crippen LogP contribution in [0.4, 0.5) is 4.79 Å². The number of para-hydroxylation sites is 1. The van der Waals surface area contributed by atoms with Gasteiger partial charge in [-0.05, 0) is 31.5 Å². The minimum absolute atomic E-state index is 0.00102. The van der Waals surface area contributed by atoms with E-state index in [4.69, 9.17) is 10.5 Å². The average molecular weight is 347 g/mol. The SMILES string of the molecule is Cc1cc(SCC(=O)O[C@H](C)C(=O)NC(N)=O)nc2ccccc12. The summed E-state index contributed by atoms with van der Waals surface area (Å²) < 4.78 is 4.95. The fourth-order valence-electron chi connectivity index (χ4n) is 2.03. The molecule has 24 heavy (non-hydrogen) atoms. The number of nitrogens with zero attached hydrogens (tertiary/aromatic N) is 1. The van der Waals surface area contributed by atoms with Crippen molar-refractivity contribution in [1.82, 2.24) is 10.3 Å². The number of imide groups is 1. The van der Waals surface area contributed by atoms with Crippen molar-refractivity contribution in [2.75, 3.05) is 5.75 Å². The summed E-state index contributed by atoms with van der Waals surface area (Å²) in [6.07, 6.45) is -1.10. The lowest BCUT2D eigenvalue weighted by molar-refractivity contribution is -0.151. The summed E-state index contributed by atoms with van der Waals surface area (Å²) >= 11 is 1.22. The highest BCUT2D eigenvalue weighted by atomic mass is 32.2. The van der Waals surface area contributed by atoms with Crippen molar-refractivity contribution in [2.24, 2.45) is 5.73 Å². The van der Waals surface area contributed by atoms with Crippen molar-refractivity contribution in [3.63, 3.8) is 0 Å². The van der Waals surface area contributed by atoms with Gasteiger partial charge in [-0.25, -0.2) is 9.78 Å². The summed E-state index contributed by atoms with van der Waals surface area (Å²) in [7, 11) is 0. The van der Waals surface area contributed by atoms with Gasteiger partial charge in [-0.3, -0.25) is 14.9 Å². The van der Waals surface area contributed by atoms with Crippen LogP contribution in [0.5, 0.6) is 0 Å². The van der Waals surface area contributed by atoms with E-state index in [1.807, 2.05) is 42.6 Å². The molecule has 0 aliphatic rings. The minimum Gasteiger partial charge on any atom is -0.452 e. The first-order chi connectivity index (χ1) is 11.4. The molecule has 1 heterocycles. The van der Waals surface area contributed by atoms with E-state index in [0.29, 0.717) is 5.03 Å². The zero-order valence-corrected chi connectivity index (χ0v) is 14.1. The molecule has 0 unspecified atom stereocenters. The van der Waals surface area contributed by atoms with Crippen LogP contribution >= 0.6 is 11.8 Å². The van der Waals surface area contributed by atoms with Gasteiger partial charge in [0, 0.05) is 5.39 Å². The van der Waals surface area contributed by atoms with Gasteiger partial charge in [0.25, 0.3) is 5.91 Å². The van der Waals surface area contributed by atoms with Gasteiger partial charge in [-0.15, -0.1) is 0 Å². The standard InChI is InChI=1S/C16H17N3O4S/c1-9-7-13(18-12-6-4-3-5-11(9)12)24-8-14(20)23-10(2)15(21)19-16(17)22/h3-7,10H,8H2,1-2H3,(H3,17,19,21,22)/t10-/m1/s1. The van der Waals surface area contributed by atoms with Crippen LogP contribution in [0.15, 0.2) is 35.4 Å².